The zero-order chi connectivity index (χ0) is 14.1. The molecule has 1 aliphatic rings. The minimum absolute atomic E-state index is 0.813. The Morgan fingerprint density at radius 2 is 1.90 bits per heavy atom. The summed E-state index contributed by atoms with van der Waals surface area (Å²) in [4.78, 5) is 10.5. The monoisotopic (exact) mass is 278 g/mol. The summed E-state index contributed by atoms with van der Waals surface area (Å²) < 4.78 is 0. The third kappa shape index (κ3) is 2.38. The normalized spacial score (nSPS) is 15.0. The van der Waals surface area contributed by atoms with Crippen molar-refractivity contribution < 1.29 is 0 Å². The fraction of sp³-hybridized carbons (Fsp3) is 0.235. The molecule has 2 N–H and O–H groups in total. The average molecular weight is 278 g/mol. The molecule has 0 unspecified atom stereocenters. The molecule has 2 heterocycles. The number of fused-ring (bicyclic) bond motifs is 2. The van der Waals surface area contributed by atoms with Crippen LogP contribution in [0.2, 0.25) is 0 Å². The van der Waals surface area contributed by atoms with E-state index in [-0.39, 0.29) is 0 Å². The molecule has 106 valence electrons. The summed E-state index contributed by atoms with van der Waals surface area (Å²) in [6.45, 7) is 3.74. The highest BCUT2D eigenvalue weighted by Gasteiger charge is 2.16. The molecule has 0 amide bonds. The summed E-state index contributed by atoms with van der Waals surface area (Å²) in [5.41, 5.74) is 4.80. The first-order valence-corrected chi connectivity index (χ1v) is 7.37. The summed E-state index contributed by atoms with van der Waals surface area (Å²) in [5, 5.41) is 3.47. The number of rotatable bonds is 2. The first kappa shape index (κ1) is 12.4. The Morgan fingerprint density at radius 3 is 2.86 bits per heavy atom. The molecule has 3 aromatic rings. The Kier molecular flexibility index (Phi) is 3.09. The topological polar surface area (TPSA) is 44.0 Å². The third-order valence-electron chi connectivity index (χ3n) is 3.99. The lowest BCUT2D eigenvalue weighted by Gasteiger charge is -2.23. The van der Waals surface area contributed by atoms with Crippen molar-refractivity contribution in [3.63, 3.8) is 0 Å². The van der Waals surface area contributed by atoms with Crippen molar-refractivity contribution in [1.82, 2.24) is 15.3 Å². The van der Waals surface area contributed by atoms with Crippen LogP contribution in [-0.4, -0.2) is 23.1 Å². The molecule has 0 radical (unpaired) electrons. The number of imidazole rings is 1. The molecule has 0 saturated carbocycles. The van der Waals surface area contributed by atoms with E-state index in [2.05, 4.69) is 45.5 Å². The zero-order valence-corrected chi connectivity index (χ0v) is 11.8. The van der Waals surface area contributed by atoms with Gasteiger partial charge in [-0.25, -0.2) is 4.98 Å². The lowest BCUT2D eigenvalue weighted by Crippen LogP contribution is -2.28. The van der Waals surface area contributed by atoms with Gasteiger partial charge in [-0.2, -0.15) is 0 Å². The first-order chi connectivity index (χ1) is 10.4. The number of aromatic nitrogens is 2. The van der Waals surface area contributed by atoms with Gasteiger partial charge in [-0.15, -0.1) is 0 Å². The second-order valence-electron chi connectivity index (χ2n) is 5.43. The SMILES string of the molecule is c1ccc2c(c1)CNCCN2Cc1nc2ccccc2[nH]1. The lowest BCUT2D eigenvalue weighted by atomic mass is 10.1. The lowest BCUT2D eigenvalue weighted by molar-refractivity contribution is 0.682. The highest BCUT2D eigenvalue weighted by atomic mass is 15.2. The van der Waals surface area contributed by atoms with Crippen molar-refractivity contribution in [2.24, 2.45) is 0 Å². The van der Waals surface area contributed by atoms with Crippen molar-refractivity contribution in [3.8, 4) is 0 Å². The number of anilines is 1. The average Bonchev–Trinajstić information content (AvgIpc) is 2.82. The molecular formula is C17H18N4. The first-order valence-electron chi connectivity index (χ1n) is 7.37. The van der Waals surface area contributed by atoms with Crippen LogP contribution in [0, 0.1) is 0 Å². The number of benzene rings is 2. The molecule has 1 aromatic heterocycles. The highest BCUT2D eigenvalue weighted by Crippen LogP contribution is 2.23. The standard InChI is InChI=1S/C17H18N4/c1-4-8-16-13(5-1)11-18-9-10-21(16)12-17-19-14-6-2-3-7-15(14)20-17/h1-8,18H,9-12H2,(H,19,20). The van der Waals surface area contributed by atoms with Gasteiger partial charge in [0.25, 0.3) is 0 Å². The Labute approximate surface area is 123 Å². The number of hydrogen-bond acceptors (Lipinski definition) is 3. The van der Waals surface area contributed by atoms with E-state index in [0.717, 1.165) is 43.0 Å². The van der Waals surface area contributed by atoms with Crippen LogP contribution in [0.4, 0.5) is 5.69 Å². The summed E-state index contributed by atoms with van der Waals surface area (Å²) in [6, 6.07) is 16.8. The van der Waals surface area contributed by atoms with Gasteiger partial charge in [-0.05, 0) is 23.8 Å². The van der Waals surface area contributed by atoms with Crippen LogP contribution in [-0.2, 0) is 13.1 Å². The van der Waals surface area contributed by atoms with Gasteiger partial charge in [-0.1, -0.05) is 30.3 Å². The van der Waals surface area contributed by atoms with E-state index < -0.39 is 0 Å². The second-order valence-corrected chi connectivity index (χ2v) is 5.43. The van der Waals surface area contributed by atoms with Crippen LogP contribution in [0.5, 0.6) is 0 Å². The third-order valence-corrected chi connectivity index (χ3v) is 3.99. The summed E-state index contributed by atoms with van der Waals surface area (Å²) in [5.74, 6) is 1.02. The maximum atomic E-state index is 4.69. The fourth-order valence-electron chi connectivity index (χ4n) is 2.95. The highest BCUT2D eigenvalue weighted by molar-refractivity contribution is 5.74. The second kappa shape index (κ2) is 5.22. The largest absolute Gasteiger partial charge is 0.363 e. The van der Waals surface area contributed by atoms with E-state index >= 15 is 0 Å². The van der Waals surface area contributed by atoms with Crippen LogP contribution in [0.3, 0.4) is 0 Å². The molecule has 2 aromatic carbocycles. The number of aromatic amines is 1. The van der Waals surface area contributed by atoms with Crippen LogP contribution in [0.25, 0.3) is 11.0 Å². The van der Waals surface area contributed by atoms with Gasteiger partial charge in [-0.3, -0.25) is 0 Å². The Morgan fingerprint density at radius 1 is 1.05 bits per heavy atom. The van der Waals surface area contributed by atoms with Gasteiger partial charge in [0.2, 0.25) is 0 Å². The molecule has 0 bridgehead atoms. The smallest absolute Gasteiger partial charge is 0.126 e. The molecule has 0 fully saturated rings. The van der Waals surface area contributed by atoms with Crippen LogP contribution in [0.1, 0.15) is 11.4 Å². The number of H-pyrrole nitrogens is 1. The molecule has 0 atom stereocenters. The Balaban J connectivity index is 1.67. The quantitative estimate of drug-likeness (QED) is 0.757. The molecule has 1 aliphatic heterocycles. The van der Waals surface area contributed by atoms with E-state index in [4.69, 9.17) is 4.98 Å². The number of para-hydroxylation sites is 3. The molecule has 0 spiro atoms. The summed E-state index contributed by atoms with van der Waals surface area (Å²) in [6.07, 6.45) is 0. The molecule has 0 saturated heterocycles. The van der Waals surface area contributed by atoms with Gasteiger partial charge in [0.1, 0.15) is 5.82 Å². The van der Waals surface area contributed by atoms with E-state index in [0.29, 0.717) is 0 Å². The minimum atomic E-state index is 0.813. The van der Waals surface area contributed by atoms with Gasteiger partial charge in [0, 0.05) is 25.3 Å². The zero-order valence-electron chi connectivity index (χ0n) is 11.8. The van der Waals surface area contributed by atoms with Gasteiger partial charge in [0.15, 0.2) is 0 Å². The molecule has 4 nitrogen and oxygen atoms in total. The summed E-state index contributed by atoms with van der Waals surface area (Å²) >= 11 is 0. The van der Waals surface area contributed by atoms with Crippen LogP contribution in [0.15, 0.2) is 48.5 Å². The van der Waals surface area contributed by atoms with E-state index in [9.17, 15) is 0 Å². The van der Waals surface area contributed by atoms with Crippen LogP contribution >= 0.6 is 0 Å². The number of hydrogen-bond donors (Lipinski definition) is 2. The maximum Gasteiger partial charge on any atom is 0.126 e. The predicted octanol–water partition coefficient (Wildman–Crippen LogP) is 2.67. The van der Waals surface area contributed by atoms with Crippen molar-refractivity contribution >= 4 is 16.7 Å². The molecule has 4 rings (SSSR count). The van der Waals surface area contributed by atoms with Gasteiger partial charge < -0.3 is 15.2 Å². The number of nitrogens with one attached hydrogen (secondary N) is 2. The van der Waals surface area contributed by atoms with Crippen molar-refractivity contribution in [3.05, 3.63) is 59.9 Å². The van der Waals surface area contributed by atoms with E-state index in [1.165, 1.54) is 11.3 Å². The molecule has 0 aliphatic carbocycles. The van der Waals surface area contributed by atoms with E-state index in [1.54, 1.807) is 0 Å². The fourth-order valence-corrected chi connectivity index (χ4v) is 2.95. The van der Waals surface area contributed by atoms with Gasteiger partial charge >= 0.3 is 0 Å². The maximum absolute atomic E-state index is 4.69. The minimum Gasteiger partial charge on any atom is -0.363 e. The summed E-state index contributed by atoms with van der Waals surface area (Å²) in [7, 11) is 0. The number of nitrogens with zero attached hydrogens (tertiary/aromatic N) is 2. The molecular weight excluding hydrogens is 260 g/mol. The Hall–Kier alpha value is -2.33. The van der Waals surface area contributed by atoms with Crippen molar-refractivity contribution in [2.75, 3.05) is 18.0 Å². The van der Waals surface area contributed by atoms with Crippen molar-refractivity contribution in [2.45, 2.75) is 13.1 Å². The Bertz CT molecular complexity index is 729. The molecule has 4 heteroatoms. The van der Waals surface area contributed by atoms with Crippen LogP contribution < -0.4 is 10.2 Å². The van der Waals surface area contributed by atoms with E-state index in [1.807, 2.05) is 18.2 Å². The predicted molar refractivity (Wildman–Crippen MR) is 85.3 cm³/mol. The van der Waals surface area contributed by atoms with Crippen molar-refractivity contribution in [1.29, 1.82) is 0 Å². The molecule has 21 heavy (non-hydrogen) atoms. The van der Waals surface area contributed by atoms with Gasteiger partial charge in [0.05, 0.1) is 17.6 Å².